The van der Waals surface area contributed by atoms with Gasteiger partial charge in [0.2, 0.25) is 0 Å². The lowest BCUT2D eigenvalue weighted by Crippen LogP contribution is -2.45. The Labute approximate surface area is 152 Å². The number of benzene rings is 2. The fourth-order valence-corrected chi connectivity index (χ4v) is 4.44. The van der Waals surface area contributed by atoms with E-state index in [1.807, 2.05) is 0 Å². The zero-order valence-corrected chi connectivity index (χ0v) is 15.5. The minimum Gasteiger partial charge on any atom is -0.393 e. The summed E-state index contributed by atoms with van der Waals surface area (Å²) >= 11 is 0. The number of nitrogens with zero attached hydrogens (tertiary/aromatic N) is 1. The normalized spacial score (nSPS) is 27.3. The van der Waals surface area contributed by atoms with Crippen molar-refractivity contribution in [3.8, 4) is 0 Å². The Morgan fingerprint density at radius 1 is 0.920 bits per heavy atom. The third-order valence-electron chi connectivity index (χ3n) is 5.76. The van der Waals surface area contributed by atoms with Crippen LogP contribution in [0.5, 0.6) is 0 Å². The van der Waals surface area contributed by atoms with Crippen LogP contribution in [-0.4, -0.2) is 23.2 Å². The topological polar surface area (TPSA) is 23.5 Å². The first kappa shape index (κ1) is 18.2. The van der Waals surface area contributed by atoms with E-state index in [1.165, 1.54) is 30.4 Å². The molecule has 1 aliphatic rings. The highest BCUT2D eigenvalue weighted by molar-refractivity contribution is 5.25. The van der Waals surface area contributed by atoms with Crippen molar-refractivity contribution in [2.24, 2.45) is 5.92 Å². The summed E-state index contributed by atoms with van der Waals surface area (Å²) in [6.45, 7) is 2.24. The van der Waals surface area contributed by atoms with Crippen molar-refractivity contribution < 1.29 is 5.11 Å². The van der Waals surface area contributed by atoms with E-state index in [0.717, 1.165) is 12.8 Å². The van der Waals surface area contributed by atoms with Crippen molar-refractivity contribution in [2.75, 3.05) is 7.05 Å². The summed E-state index contributed by atoms with van der Waals surface area (Å²) < 4.78 is 0. The molecule has 1 fully saturated rings. The summed E-state index contributed by atoms with van der Waals surface area (Å²) in [6.07, 6.45) is 5.34. The maximum atomic E-state index is 11.0. The first-order valence-electron chi connectivity index (χ1n) is 9.72. The smallest absolute Gasteiger partial charge is 0.0604 e. The van der Waals surface area contributed by atoms with E-state index in [0.29, 0.717) is 5.92 Å². The van der Waals surface area contributed by atoms with Crippen molar-refractivity contribution in [1.82, 2.24) is 4.90 Å². The van der Waals surface area contributed by atoms with Gasteiger partial charge in [-0.2, -0.15) is 0 Å². The first-order chi connectivity index (χ1) is 12.2. The van der Waals surface area contributed by atoms with Crippen LogP contribution in [0.25, 0.3) is 0 Å². The van der Waals surface area contributed by atoms with E-state index in [4.69, 9.17) is 0 Å². The van der Waals surface area contributed by atoms with Crippen LogP contribution >= 0.6 is 0 Å². The van der Waals surface area contributed by atoms with Crippen molar-refractivity contribution in [3.63, 3.8) is 0 Å². The summed E-state index contributed by atoms with van der Waals surface area (Å²) in [5.41, 5.74) is 2.63. The van der Waals surface area contributed by atoms with Crippen LogP contribution in [0.2, 0.25) is 0 Å². The molecule has 1 heterocycles. The molecule has 25 heavy (non-hydrogen) atoms. The molecule has 1 saturated heterocycles. The Bertz CT molecular complexity index is 627. The van der Waals surface area contributed by atoms with E-state index in [1.54, 1.807) is 0 Å². The molecule has 1 N–H and O–H groups in total. The summed E-state index contributed by atoms with van der Waals surface area (Å²) in [7, 11) is 2.23. The molecule has 0 amide bonds. The molecule has 2 aromatic carbocycles. The van der Waals surface area contributed by atoms with E-state index in [2.05, 4.69) is 79.5 Å². The largest absolute Gasteiger partial charge is 0.393 e. The number of piperidine rings is 1. The number of aliphatic hydroxyl groups is 1. The number of hydrogen-bond donors (Lipinski definition) is 1. The minimum atomic E-state index is -0.247. The predicted molar refractivity (Wildman–Crippen MR) is 104 cm³/mol. The zero-order valence-electron chi connectivity index (χ0n) is 15.5. The van der Waals surface area contributed by atoms with Crippen LogP contribution in [0.3, 0.4) is 0 Å². The second kappa shape index (κ2) is 8.64. The molecule has 4 atom stereocenters. The number of unbranched alkanes of at least 4 members (excludes halogenated alkanes) is 2. The highest BCUT2D eigenvalue weighted by atomic mass is 16.3. The Kier molecular flexibility index (Phi) is 6.28. The fraction of sp³-hybridized carbons (Fsp3) is 0.478. The molecular weight excluding hydrogens is 306 g/mol. The molecule has 2 nitrogen and oxygen atoms in total. The van der Waals surface area contributed by atoms with Crippen molar-refractivity contribution in [1.29, 1.82) is 0 Å². The summed E-state index contributed by atoms with van der Waals surface area (Å²) in [6, 6.07) is 21.9. The van der Waals surface area contributed by atoms with Gasteiger partial charge in [0.1, 0.15) is 0 Å². The van der Waals surface area contributed by atoms with E-state index in [9.17, 15) is 5.11 Å². The Morgan fingerprint density at radius 3 is 2.12 bits per heavy atom. The van der Waals surface area contributed by atoms with Crippen molar-refractivity contribution >= 4 is 0 Å². The van der Waals surface area contributed by atoms with Gasteiger partial charge in [0.25, 0.3) is 0 Å². The van der Waals surface area contributed by atoms with Gasteiger partial charge in [0.05, 0.1) is 6.10 Å². The lowest BCUT2D eigenvalue weighted by Gasteiger charge is -2.47. The maximum Gasteiger partial charge on any atom is 0.0604 e. The third-order valence-corrected chi connectivity index (χ3v) is 5.76. The number of rotatable bonds is 6. The molecule has 0 aliphatic carbocycles. The molecule has 0 aromatic heterocycles. The molecule has 0 bridgehead atoms. The number of likely N-dealkylation sites (tertiary alicyclic amines) is 1. The van der Waals surface area contributed by atoms with E-state index < -0.39 is 0 Å². The second-order valence-electron chi connectivity index (χ2n) is 7.41. The Balaban J connectivity index is 1.90. The summed E-state index contributed by atoms with van der Waals surface area (Å²) in [4.78, 5) is 2.49. The average Bonchev–Trinajstić information content (AvgIpc) is 2.66. The SMILES string of the molecule is CCCCC[C@@H]1[C@H](O)C[C@H](c2ccccc2)N(C)[C@H]1c1ccccc1. The highest BCUT2D eigenvalue weighted by Gasteiger charge is 2.41. The van der Waals surface area contributed by atoms with Gasteiger partial charge in [0, 0.05) is 18.0 Å². The lowest BCUT2D eigenvalue weighted by molar-refractivity contribution is -0.0445. The first-order valence-corrected chi connectivity index (χ1v) is 9.72. The monoisotopic (exact) mass is 337 g/mol. The van der Waals surface area contributed by atoms with Crippen molar-refractivity contribution in [3.05, 3.63) is 71.8 Å². The Hall–Kier alpha value is -1.64. The van der Waals surface area contributed by atoms with Gasteiger partial charge in [-0.15, -0.1) is 0 Å². The van der Waals surface area contributed by atoms with Crippen LogP contribution in [0, 0.1) is 5.92 Å². The van der Waals surface area contributed by atoms with Gasteiger partial charge < -0.3 is 5.11 Å². The maximum absolute atomic E-state index is 11.0. The van der Waals surface area contributed by atoms with E-state index >= 15 is 0 Å². The molecule has 1 aliphatic heterocycles. The second-order valence-corrected chi connectivity index (χ2v) is 7.41. The molecule has 0 unspecified atom stereocenters. The molecule has 0 radical (unpaired) electrons. The molecule has 0 spiro atoms. The summed E-state index contributed by atoms with van der Waals surface area (Å²) in [5, 5.41) is 11.0. The fourth-order valence-electron chi connectivity index (χ4n) is 4.44. The standard InChI is InChI=1S/C23H31NO/c1-3-4-7-16-20-22(25)17-21(18-12-8-5-9-13-18)24(2)23(20)19-14-10-6-11-15-19/h5-6,8-15,20-23,25H,3-4,7,16-17H2,1-2H3/t20-,21-,22-,23+/m1/s1. The van der Waals surface area contributed by atoms with Gasteiger partial charge in [-0.25, -0.2) is 0 Å². The van der Waals surface area contributed by atoms with Crippen LogP contribution in [0.15, 0.2) is 60.7 Å². The lowest BCUT2D eigenvalue weighted by atomic mass is 9.76. The molecule has 0 saturated carbocycles. The van der Waals surface area contributed by atoms with Gasteiger partial charge in [-0.1, -0.05) is 86.8 Å². The van der Waals surface area contributed by atoms with Crippen LogP contribution in [0.4, 0.5) is 0 Å². The van der Waals surface area contributed by atoms with Crippen LogP contribution in [-0.2, 0) is 0 Å². The Morgan fingerprint density at radius 2 is 1.52 bits per heavy atom. The zero-order chi connectivity index (χ0) is 17.6. The molecule has 2 heteroatoms. The molecular formula is C23H31NO. The minimum absolute atomic E-state index is 0.247. The molecule has 134 valence electrons. The third kappa shape index (κ3) is 4.13. The predicted octanol–water partition coefficient (Wildman–Crippen LogP) is 5.36. The quantitative estimate of drug-likeness (QED) is 0.717. The number of hydrogen-bond acceptors (Lipinski definition) is 2. The van der Waals surface area contributed by atoms with Crippen LogP contribution in [0.1, 0.15) is 62.2 Å². The average molecular weight is 338 g/mol. The van der Waals surface area contributed by atoms with E-state index in [-0.39, 0.29) is 18.2 Å². The van der Waals surface area contributed by atoms with Crippen molar-refractivity contribution in [2.45, 2.75) is 57.2 Å². The summed E-state index contributed by atoms with van der Waals surface area (Å²) in [5.74, 6) is 0.305. The molecule has 2 aromatic rings. The van der Waals surface area contributed by atoms with Gasteiger partial charge in [-0.3, -0.25) is 4.90 Å². The number of aliphatic hydroxyl groups excluding tert-OH is 1. The van der Waals surface area contributed by atoms with Gasteiger partial charge >= 0.3 is 0 Å². The highest BCUT2D eigenvalue weighted by Crippen LogP contribution is 2.45. The van der Waals surface area contributed by atoms with Gasteiger partial charge in [0.15, 0.2) is 0 Å². The van der Waals surface area contributed by atoms with Crippen LogP contribution < -0.4 is 0 Å². The molecule has 3 rings (SSSR count). The van der Waals surface area contributed by atoms with Gasteiger partial charge in [-0.05, 0) is 31.0 Å².